The second kappa shape index (κ2) is 11.5. The third-order valence-corrected chi connectivity index (χ3v) is 5.50. The quantitative estimate of drug-likeness (QED) is 0.561. The standard InChI is InChI=1S/C24H32N4O3/c1-3-27(4-2)17-10-16-25-21(29)14-9-18-28-23-20(13-8-15-26-23)31-22(24(28)30)19-11-6-5-7-12-19/h5-8,11-13,15,22H,3-4,9-10,14,16-18H2,1-2H3,(H,25,29)/t22-/m0/s1. The van der Waals surface area contributed by atoms with Crippen LogP contribution in [0.4, 0.5) is 5.82 Å². The summed E-state index contributed by atoms with van der Waals surface area (Å²) in [7, 11) is 0. The van der Waals surface area contributed by atoms with Crippen LogP contribution in [0.5, 0.6) is 5.75 Å². The Morgan fingerprint density at radius 2 is 1.90 bits per heavy atom. The smallest absolute Gasteiger partial charge is 0.274 e. The van der Waals surface area contributed by atoms with Gasteiger partial charge in [-0.1, -0.05) is 44.2 Å². The fourth-order valence-corrected chi connectivity index (χ4v) is 3.71. The maximum atomic E-state index is 13.2. The van der Waals surface area contributed by atoms with Crippen LogP contribution in [0.25, 0.3) is 0 Å². The SMILES string of the molecule is CCN(CC)CCCNC(=O)CCCN1C(=O)[C@H](c2ccccc2)Oc2cccnc21. The van der Waals surface area contributed by atoms with Gasteiger partial charge in [0, 0.05) is 31.3 Å². The van der Waals surface area contributed by atoms with Crippen molar-refractivity contribution in [2.75, 3.05) is 37.6 Å². The molecule has 0 saturated heterocycles. The molecule has 0 radical (unpaired) electrons. The summed E-state index contributed by atoms with van der Waals surface area (Å²) in [5, 5.41) is 2.98. The molecule has 1 aromatic heterocycles. The summed E-state index contributed by atoms with van der Waals surface area (Å²) in [5.41, 5.74) is 0.804. The first-order valence-electron chi connectivity index (χ1n) is 11.1. The molecular formula is C24H32N4O3. The summed E-state index contributed by atoms with van der Waals surface area (Å²) in [4.78, 5) is 33.7. The van der Waals surface area contributed by atoms with Gasteiger partial charge in [0.2, 0.25) is 12.0 Å². The van der Waals surface area contributed by atoms with E-state index >= 15 is 0 Å². The monoisotopic (exact) mass is 424 g/mol. The first-order valence-corrected chi connectivity index (χ1v) is 11.1. The molecule has 1 atom stereocenters. The lowest BCUT2D eigenvalue weighted by molar-refractivity contribution is -0.127. The van der Waals surface area contributed by atoms with Gasteiger partial charge in [0.25, 0.3) is 5.91 Å². The number of hydrogen-bond acceptors (Lipinski definition) is 5. The molecule has 1 aliphatic heterocycles. The number of nitrogens with zero attached hydrogens (tertiary/aromatic N) is 3. The summed E-state index contributed by atoms with van der Waals surface area (Å²) in [6.45, 7) is 8.41. The Balaban J connectivity index is 1.54. The number of anilines is 1. The molecule has 3 rings (SSSR count). The van der Waals surface area contributed by atoms with Crippen LogP contribution < -0.4 is 15.0 Å². The van der Waals surface area contributed by atoms with E-state index < -0.39 is 6.10 Å². The van der Waals surface area contributed by atoms with Gasteiger partial charge in [-0.15, -0.1) is 0 Å². The molecular weight excluding hydrogens is 392 g/mol. The molecule has 166 valence electrons. The number of carbonyl (C=O) groups excluding carboxylic acids is 2. The van der Waals surface area contributed by atoms with Crippen molar-refractivity contribution in [1.29, 1.82) is 0 Å². The van der Waals surface area contributed by atoms with E-state index in [-0.39, 0.29) is 11.8 Å². The van der Waals surface area contributed by atoms with Gasteiger partial charge in [-0.3, -0.25) is 14.5 Å². The van der Waals surface area contributed by atoms with Crippen LogP contribution in [-0.4, -0.2) is 54.4 Å². The van der Waals surface area contributed by atoms with Crippen LogP contribution in [0, 0.1) is 0 Å². The van der Waals surface area contributed by atoms with Gasteiger partial charge in [0.15, 0.2) is 11.6 Å². The molecule has 7 heteroatoms. The Morgan fingerprint density at radius 3 is 2.65 bits per heavy atom. The summed E-state index contributed by atoms with van der Waals surface area (Å²) in [6, 6.07) is 13.1. The van der Waals surface area contributed by atoms with Gasteiger partial charge in [-0.05, 0) is 44.6 Å². The van der Waals surface area contributed by atoms with Gasteiger partial charge >= 0.3 is 0 Å². The van der Waals surface area contributed by atoms with E-state index in [0.29, 0.717) is 37.5 Å². The van der Waals surface area contributed by atoms with Crippen molar-refractivity contribution in [3.63, 3.8) is 0 Å². The number of pyridine rings is 1. The van der Waals surface area contributed by atoms with E-state index in [1.165, 1.54) is 0 Å². The number of amides is 2. The average Bonchev–Trinajstić information content (AvgIpc) is 2.81. The molecule has 1 aliphatic rings. The predicted molar refractivity (Wildman–Crippen MR) is 121 cm³/mol. The normalized spacial score (nSPS) is 15.5. The van der Waals surface area contributed by atoms with E-state index in [4.69, 9.17) is 4.74 Å². The van der Waals surface area contributed by atoms with Crippen LogP contribution in [0.1, 0.15) is 44.8 Å². The minimum Gasteiger partial charge on any atom is -0.472 e. The summed E-state index contributed by atoms with van der Waals surface area (Å²) in [5.74, 6) is 0.953. The lowest BCUT2D eigenvalue weighted by Gasteiger charge is -2.33. The second-order valence-electron chi connectivity index (χ2n) is 7.56. The second-order valence-corrected chi connectivity index (χ2v) is 7.56. The van der Waals surface area contributed by atoms with Crippen molar-refractivity contribution in [3.8, 4) is 5.75 Å². The Bertz CT molecular complexity index is 855. The number of nitrogens with one attached hydrogen (secondary N) is 1. The molecule has 0 spiro atoms. The number of ether oxygens (including phenoxy) is 1. The fourth-order valence-electron chi connectivity index (χ4n) is 3.71. The summed E-state index contributed by atoms with van der Waals surface area (Å²) < 4.78 is 5.95. The van der Waals surface area contributed by atoms with Gasteiger partial charge in [-0.25, -0.2) is 4.98 Å². The molecule has 1 N–H and O–H groups in total. The van der Waals surface area contributed by atoms with Gasteiger partial charge in [0.05, 0.1) is 0 Å². The van der Waals surface area contributed by atoms with Crippen molar-refractivity contribution in [2.24, 2.45) is 0 Å². The maximum absolute atomic E-state index is 13.2. The van der Waals surface area contributed by atoms with Crippen LogP contribution in [0.15, 0.2) is 48.7 Å². The van der Waals surface area contributed by atoms with Crippen LogP contribution >= 0.6 is 0 Å². The molecule has 0 bridgehead atoms. The highest BCUT2D eigenvalue weighted by Crippen LogP contribution is 2.37. The minimum atomic E-state index is -0.702. The molecule has 0 aliphatic carbocycles. The van der Waals surface area contributed by atoms with Crippen molar-refractivity contribution >= 4 is 17.6 Å². The van der Waals surface area contributed by atoms with Gasteiger partial charge in [-0.2, -0.15) is 0 Å². The van der Waals surface area contributed by atoms with Crippen LogP contribution in [-0.2, 0) is 9.59 Å². The topological polar surface area (TPSA) is 74.8 Å². The van der Waals surface area contributed by atoms with E-state index in [0.717, 1.165) is 31.6 Å². The lowest BCUT2D eigenvalue weighted by Crippen LogP contribution is -2.42. The largest absolute Gasteiger partial charge is 0.472 e. The molecule has 2 aromatic rings. The molecule has 7 nitrogen and oxygen atoms in total. The van der Waals surface area contributed by atoms with E-state index in [1.54, 1.807) is 17.2 Å². The molecule has 0 fully saturated rings. The van der Waals surface area contributed by atoms with Gasteiger partial charge < -0.3 is 15.0 Å². The fraction of sp³-hybridized carbons (Fsp3) is 0.458. The number of carbonyl (C=O) groups is 2. The van der Waals surface area contributed by atoms with Crippen molar-refractivity contribution in [3.05, 3.63) is 54.2 Å². The number of aromatic nitrogens is 1. The highest BCUT2D eigenvalue weighted by Gasteiger charge is 2.36. The average molecular weight is 425 g/mol. The third kappa shape index (κ3) is 6.04. The van der Waals surface area contributed by atoms with Crippen molar-refractivity contribution in [2.45, 2.75) is 39.2 Å². The van der Waals surface area contributed by atoms with Gasteiger partial charge in [0.1, 0.15) is 0 Å². The first-order chi connectivity index (χ1) is 15.1. The molecule has 2 amide bonds. The zero-order valence-electron chi connectivity index (χ0n) is 18.4. The van der Waals surface area contributed by atoms with E-state index in [2.05, 4.69) is 29.0 Å². The Morgan fingerprint density at radius 1 is 1.13 bits per heavy atom. The van der Waals surface area contributed by atoms with Crippen molar-refractivity contribution in [1.82, 2.24) is 15.2 Å². The third-order valence-electron chi connectivity index (χ3n) is 5.50. The molecule has 0 saturated carbocycles. The Hall–Kier alpha value is -2.93. The lowest BCUT2D eigenvalue weighted by atomic mass is 10.1. The summed E-state index contributed by atoms with van der Waals surface area (Å²) >= 11 is 0. The maximum Gasteiger partial charge on any atom is 0.274 e. The molecule has 31 heavy (non-hydrogen) atoms. The highest BCUT2D eigenvalue weighted by atomic mass is 16.5. The molecule has 0 unspecified atom stereocenters. The van der Waals surface area contributed by atoms with E-state index in [9.17, 15) is 9.59 Å². The zero-order valence-corrected chi connectivity index (χ0v) is 18.4. The van der Waals surface area contributed by atoms with E-state index in [1.807, 2.05) is 36.4 Å². The zero-order chi connectivity index (χ0) is 22.1. The highest BCUT2D eigenvalue weighted by molar-refractivity contribution is 5.99. The molecule has 1 aromatic carbocycles. The number of rotatable bonds is 11. The predicted octanol–water partition coefficient (Wildman–Crippen LogP) is 3.18. The summed E-state index contributed by atoms with van der Waals surface area (Å²) in [6.07, 6.45) is 2.81. The Labute approximate surface area is 184 Å². The number of hydrogen-bond donors (Lipinski definition) is 1. The first kappa shape index (κ1) is 22.7. The number of fused-ring (bicyclic) bond motifs is 1. The number of benzene rings is 1. The molecule has 2 heterocycles. The van der Waals surface area contributed by atoms with Crippen molar-refractivity contribution < 1.29 is 14.3 Å². The Kier molecular flexibility index (Phi) is 8.41. The minimum absolute atomic E-state index is 0.0149. The van der Waals surface area contributed by atoms with Crippen LogP contribution in [0.2, 0.25) is 0 Å². The van der Waals surface area contributed by atoms with Crippen LogP contribution in [0.3, 0.4) is 0 Å².